The Kier molecular flexibility index (Phi) is 5.58. The quantitative estimate of drug-likeness (QED) is 0.479. The SMILES string of the molecule is C=CCOc1cccc(/C=C/C(=O)c2ccc(O)c(OC)c2)c1. The predicted octanol–water partition coefficient (Wildman–Crippen LogP) is 3.86. The second kappa shape index (κ2) is 7.84. The second-order valence-electron chi connectivity index (χ2n) is 4.76. The predicted molar refractivity (Wildman–Crippen MR) is 90.2 cm³/mol. The number of phenols is 1. The van der Waals surface area contributed by atoms with Gasteiger partial charge in [0.1, 0.15) is 12.4 Å². The molecule has 0 aromatic heterocycles. The highest BCUT2D eigenvalue weighted by Gasteiger charge is 2.07. The van der Waals surface area contributed by atoms with Crippen LogP contribution in [-0.4, -0.2) is 24.6 Å². The van der Waals surface area contributed by atoms with Crippen LogP contribution in [0, 0.1) is 0 Å². The first-order valence-electron chi connectivity index (χ1n) is 7.07. The van der Waals surface area contributed by atoms with Crippen molar-refractivity contribution < 1.29 is 19.4 Å². The first-order chi connectivity index (χ1) is 11.1. The highest BCUT2D eigenvalue weighted by atomic mass is 16.5. The van der Waals surface area contributed by atoms with Crippen LogP contribution in [0.2, 0.25) is 0 Å². The lowest BCUT2D eigenvalue weighted by Crippen LogP contribution is -1.95. The van der Waals surface area contributed by atoms with Gasteiger partial charge < -0.3 is 14.6 Å². The summed E-state index contributed by atoms with van der Waals surface area (Å²) >= 11 is 0. The number of rotatable bonds is 7. The summed E-state index contributed by atoms with van der Waals surface area (Å²) in [5.74, 6) is 0.802. The Morgan fingerprint density at radius 1 is 1.26 bits per heavy atom. The van der Waals surface area contributed by atoms with E-state index < -0.39 is 0 Å². The van der Waals surface area contributed by atoms with E-state index in [4.69, 9.17) is 9.47 Å². The average Bonchev–Trinajstić information content (AvgIpc) is 2.58. The van der Waals surface area contributed by atoms with Crippen molar-refractivity contribution in [2.45, 2.75) is 0 Å². The maximum absolute atomic E-state index is 12.2. The summed E-state index contributed by atoms with van der Waals surface area (Å²) in [6.45, 7) is 4.03. The largest absolute Gasteiger partial charge is 0.504 e. The molecular formula is C19H18O4. The van der Waals surface area contributed by atoms with E-state index in [2.05, 4.69) is 6.58 Å². The third-order valence-electron chi connectivity index (χ3n) is 3.12. The summed E-state index contributed by atoms with van der Waals surface area (Å²) in [6, 6.07) is 11.9. The van der Waals surface area contributed by atoms with Crippen molar-refractivity contribution in [3.63, 3.8) is 0 Å². The first-order valence-corrected chi connectivity index (χ1v) is 7.07. The monoisotopic (exact) mass is 310 g/mol. The van der Waals surface area contributed by atoms with E-state index in [-0.39, 0.29) is 17.3 Å². The summed E-state index contributed by atoms with van der Waals surface area (Å²) < 4.78 is 10.5. The maximum atomic E-state index is 12.2. The molecule has 2 aromatic carbocycles. The van der Waals surface area contributed by atoms with Gasteiger partial charge in [0.05, 0.1) is 7.11 Å². The number of aromatic hydroxyl groups is 1. The Morgan fingerprint density at radius 2 is 2.09 bits per heavy atom. The summed E-state index contributed by atoms with van der Waals surface area (Å²) in [6.07, 6.45) is 4.85. The molecular weight excluding hydrogens is 292 g/mol. The first kappa shape index (κ1) is 16.4. The van der Waals surface area contributed by atoms with E-state index in [0.717, 1.165) is 5.56 Å². The molecule has 0 aliphatic rings. The van der Waals surface area contributed by atoms with Crippen LogP contribution in [0.15, 0.2) is 61.2 Å². The number of hydrogen-bond donors (Lipinski definition) is 1. The standard InChI is InChI=1S/C19H18O4/c1-3-11-23-16-6-4-5-14(12-16)7-9-17(20)15-8-10-18(21)19(13-15)22-2/h3-10,12-13,21H,1,11H2,2H3/b9-7+. The summed E-state index contributed by atoms with van der Waals surface area (Å²) in [4.78, 5) is 12.2. The van der Waals surface area contributed by atoms with Crippen LogP contribution in [0.5, 0.6) is 17.2 Å². The molecule has 0 aliphatic carbocycles. The highest BCUT2D eigenvalue weighted by molar-refractivity contribution is 6.07. The fourth-order valence-corrected chi connectivity index (χ4v) is 1.96. The van der Waals surface area contributed by atoms with Crippen LogP contribution in [0.1, 0.15) is 15.9 Å². The molecule has 4 heteroatoms. The summed E-state index contributed by atoms with van der Waals surface area (Å²) in [7, 11) is 1.44. The number of carbonyl (C=O) groups is 1. The second-order valence-corrected chi connectivity index (χ2v) is 4.76. The molecule has 0 bridgehead atoms. The molecule has 0 fully saturated rings. The lowest BCUT2D eigenvalue weighted by atomic mass is 10.1. The highest BCUT2D eigenvalue weighted by Crippen LogP contribution is 2.26. The smallest absolute Gasteiger partial charge is 0.185 e. The minimum atomic E-state index is -0.180. The Morgan fingerprint density at radius 3 is 2.83 bits per heavy atom. The third kappa shape index (κ3) is 4.48. The molecule has 0 radical (unpaired) electrons. The van der Waals surface area contributed by atoms with Crippen molar-refractivity contribution >= 4 is 11.9 Å². The van der Waals surface area contributed by atoms with Gasteiger partial charge in [0.2, 0.25) is 0 Å². The van der Waals surface area contributed by atoms with E-state index in [1.54, 1.807) is 18.2 Å². The van der Waals surface area contributed by atoms with E-state index in [9.17, 15) is 9.90 Å². The topological polar surface area (TPSA) is 55.8 Å². The number of methoxy groups -OCH3 is 1. The van der Waals surface area contributed by atoms with E-state index in [1.165, 1.54) is 25.3 Å². The minimum Gasteiger partial charge on any atom is -0.504 e. The van der Waals surface area contributed by atoms with E-state index >= 15 is 0 Å². The summed E-state index contributed by atoms with van der Waals surface area (Å²) in [5.41, 5.74) is 1.29. The van der Waals surface area contributed by atoms with Crippen molar-refractivity contribution in [2.75, 3.05) is 13.7 Å². The molecule has 0 spiro atoms. The fourth-order valence-electron chi connectivity index (χ4n) is 1.96. The molecule has 0 atom stereocenters. The molecule has 0 unspecified atom stereocenters. The zero-order valence-corrected chi connectivity index (χ0v) is 12.9. The van der Waals surface area contributed by atoms with Gasteiger partial charge in [-0.05, 0) is 42.0 Å². The molecule has 4 nitrogen and oxygen atoms in total. The van der Waals surface area contributed by atoms with Gasteiger partial charge in [0.25, 0.3) is 0 Å². The third-order valence-corrected chi connectivity index (χ3v) is 3.12. The van der Waals surface area contributed by atoms with E-state index in [1.807, 2.05) is 24.3 Å². The minimum absolute atomic E-state index is 0.0000909. The molecule has 0 saturated heterocycles. The van der Waals surface area contributed by atoms with Crippen molar-refractivity contribution in [2.24, 2.45) is 0 Å². The number of carbonyl (C=O) groups excluding carboxylic acids is 1. The molecule has 2 aromatic rings. The number of benzene rings is 2. The Balaban J connectivity index is 2.13. The number of phenolic OH excluding ortho intramolecular Hbond substituents is 1. The fraction of sp³-hybridized carbons (Fsp3) is 0.105. The van der Waals surface area contributed by atoms with Gasteiger partial charge >= 0.3 is 0 Å². The summed E-state index contributed by atoms with van der Waals surface area (Å²) in [5, 5.41) is 9.55. The van der Waals surface area contributed by atoms with Gasteiger partial charge in [-0.1, -0.05) is 30.9 Å². The van der Waals surface area contributed by atoms with Crippen molar-refractivity contribution in [1.82, 2.24) is 0 Å². The van der Waals surface area contributed by atoms with Crippen LogP contribution in [0.25, 0.3) is 6.08 Å². The lowest BCUT2D eigenvalue weighted by molar-refractivity contribution is 0.104. The number of allylic oxidation sites excluding steroid dienone is 1. The average molecular weight is 310 g/mol. The van der Waals surface area contributed by atoms with Crippen molar-refractivity contribution in [3.05, 3.63) is 72.3 Å². The molecule has 0 aliphatic heterocycles. The zero-order valence-electron chi connectivity index (χ0n) is 12.9. The molecule has 1 N–H and O–H groups in total. The molecule has 0 saturated carbocycles. The van der Waals surface area contributed by atoms with Gasteiger partial charge in [0.15, 0.2) is 17.3 Å². The maximum Gasteiger partial charge on any atom is 0.185 e. The van der Waals surface area contributed by atoms with Gasteiger partial charge in [-0.25, -0.2) is 0 Å². The molecule has 0 heterocycles. The normalized spacial score (nSPS) is 10.5. The number of ether oxygens (including phenoxy) is 2. The Hall–Kier alpha value is -3.01. The van der Waals surface area contributed by atoms with Gasteiger partial charge in [0, 0.05) is 5.56 Å². The van der Waals surface area contributed by atoms with E-state index in [0.29, 0.717) is 17.9 Å². The molecule has 118 valence electrons. The van der Waals surface area contributed by atoms with Crippen LogP contribution >= 0.6 is 0 Å². The zero-order chi connectivity index (χ0) is 16.7. The number of ketones is 1. The molecule has 0 amide bonds. The van der Waals surface area contributed by atoms with Crippen LogP contribution < -0.4 is 9.47 Å². The van der Waals surface area contributed by atoms with Crippen molar-refractivity contribution in [3.8, 4) is 17.2 Å². The van der Waals surface area contributed by atoms with Gasteiger partial charge in [-0.2, -0.15) is 0 Å². The Labute approximate surface area is 135 Å². The van der Waals surface area contributed by atoms with Gasteiger partial charge in [-0.15, -0.1) is 0 Å². The van der Waals surface area contributed by atoms with Crippen LogP contribution in [-0.2, 0) is 0 Å². The van der Waals surface area contributed by atoms with Gasteiger partial charge in [-0.3, -0.25) is 4.79 Å². The van der Waals surface area contributed by atoms with Crippen LogP contribution in [0.3, 0.4) is 0 Å². The van der Waals surface area contributed by atoms with Crippen LogP contribution in [0.4, 0.5) is 0 Å². The lowest BCUT2D eigenvalue weighted by Gasteiger charge is -2.05. The molecule has 2 rings (SSSR count). The Bertz CT molecular complexity index is 732. The molecule has 23 heavy (non-hydrogen) atoms. The number of hydrogen-bond acceptors (Lipinski definition) is 4. The van der Waals surface area contributed by atoms with Crippen molar-refractivity contribution in [1.29, 1.82) is 0 Å².